The Hall–Kier alpha value is -1.55. The molecule has 0 aliphatic heterocycles. The van der Waals surface area contributed by atoms with Gasteiger partial charge in [-0.25, -0.2) is 0 Å². The Balaban J connectivity index is 1.86. The van der Waals surface area contributed by atoms with E-state index in [-0.39, 0.29) is 5.91 Å². The quantitative estimate of drug-likeness (QED) is 0.775. The second-order valence-corrected chi connectivity index (χ2v) is 5.04. The predicted molar refractivity (Wildman–Crippen MR) is 73.4 cm³/mol. The summed E-state index contributed by atoms with van der Waals surface area (Å²) in [5.74, 6) is -0.0934. The minimum atomic E-state index is -0.0934. The normalized spacial score (nSPS) is 16.6. The number of hydrogen-bond acceptors (Lipinski definition) is 3. The number of likely N-dealkylation sites (N-methyl/N-ethyl adjacent to an activating group) is 1. The number of nitrogens with zero attached hydrogens (tertiary/aromatic N) is 1. The van der Waals surface area contributed by atoms with Crippen molar-refractivity contribution < 1.29 is 4.79 Å². The summed E-state index contributed by atoms with van der Waals surface area (Å²) in [6.45, 7) is 2.78. The first kappa shape index (κ1) is 12.9. The van der Waals surface area contributed by atoms with Gasteiger partial charge in [0.05, 0.1) is 5.56 Å². The van der Waals surface area contributed by atoms with Crippen LogP contribution in [0.25, 0.3) is 0 Å². The Morgan fingerprint density at radius 2 is 2.17 bits per heavy atom. The van der Waals surface area contributed by atoms with E-state index in [0.29, 0.717) is 29.9 Å². The number of carbonyl (C=O) groups excluding carboxylic acids is 1. The largest absolute Gasteiger partial charge is 0.398 e. The van der Waals surface area contributed by atoms with Gasteiger partial charge in [0.15, 0.2) is 0 Å². The van der Waals surface area contributed by atoms with Crippen LogP contribution in [-0.4, -0.2) is 36.5 Å². The van der Waals surface area contributed by atoms with E-state index in [1.165, 1.54) is 12.8 Å². The summed E-state index contributed by atoms with van der Waals surface area (Å²) in [6, 6.07) is 8.21. The molecule has 1 unspecified atom stereocenters. The van der Waals surface area contributed by atoms with Crippen molar-refractivity contribution in [2.75, 3.05) is 19.3 Å². The number of para-hydroxylation sites is 1. The van der Waals surface area contributed by atoms with Crippen molar-refractivity contribution in [1.82, 2.24) is 10.2 Å². The number of hydrogen-bond donors (Lipinski definition) is 2. The summed E-state index contributed by atoms with van der Waals surface area (Å²) >= 11 is 0. The van der Waals surface area contributed by atoms with Gasteiger partial charge in [-0.3, -0.25) is 9.69 Å². The molecule has 1 fully saturated rings. The second kappa shape index (κ2) is 5.40. The number of nitrogen functional groups attached to an aromatic ring is 1. The van der Waals surface area contributed by atoms with Gasteiger partial charge in [-0.15, -0.1) is 0 Å². The Labute approximate surface area is 108 Å². The van der Waals surface area contributed by atoms with E-state index in [4.69, 9.17) is 5.73 Å². The molecular weight excluding hydrogens is 226 g/mol. The van der Waals surface area contributed by atoms with Crippen molar-refractivity contribution in [3.63, 3.8) is 0 Å². The summed E-state index contributed by atoms with van der Waals surface area (Å²) in [5.41, 5.74) is 6.86. The van der Waals surface area contributed by atoms with Crippen molar-refractivity contribution in [2.24, 2.45) is 0 Å². The van der Waals surface area contributed by atoms with Crippen LogP contribution in [0.5, 0.6) is 0 Å². The molecule has 18 heavy (non-hydrogen) atoms. The van der Waals surface area contributed by atoms with Gasteiger partial charge < -0.3 is 11.1 Å². The number of carbonyl (C=O) groups is 1. The molecule has 1 aromatic rings. The molecule has 1 aliphatic rings. The maximum Gasteiger partial charge on any atom is 0.253 e. The second-order valence-electron chi connectivity index (χ2n) is 5.04. The van der Waals surface area contributed by atoms with Crippen LogP contribution in [0.2, 0.25) is 0 Å². The van der Waals surface area contributed by atoms with Gasteiger partial charge in [0.2, 0.25) is 0 Å². The zero-order chi connectivity index (χ0) is 13.1. The van der Waals surface area contributed by atoms with Crippen LogP contribution < -0.4 is 11.1 Å². The Morgan fingerprint density at radius 3 is 2.78 bits per heavy atom. The zero-order valence-electron chi connectivity index (χ0n) is 11.0. The molecule has 1 aromatic carbocycles. The van der Waals surface area contributed by atoms with Crippen LogP contribution in [-0.2, 0) is 0 Å². The van der Waals surface area contributed by atoms with E-state index in [1.54, 1.807) is 12.1 Å². The maximum absolute atomic E-state index is 12.0. The van der Waals surface area contributed by atoms with Crippen molar-refractivity contribution in [2.45, 2.75) is 31.8 Å². The number of nitrogens with two attached hydrogens (primary N) is 1. The first-order valence-electron chi connectivity index (χ1n) is 6.44. The molecular formula is C14H21N3O. The molecule has 3 N–H and O–H groups in total. The molecule has 1 atom stereocenters. The van der Waals surface area contributed by atoms with Crippen molar-refractivity contribution in [1.29, 1.82) is 0 Å². The molecule has 4 heteroatoms. The average molecular weight is 247 g/mol. The van der Waals surface area contributed by atoms with Gasteiger partial charge in [0, 0.05) is 24.3 Å². The van der Waals surface area contributed by atoms with E-state index in [9.17, 15) is 4.79 Å². The average Bonchev–Trinajstić information content (AvgIpc) is 3.19. The molecule has 0 radical (unpaired) electrons. The fourth-order valence-electron chi connectivity index (χ4n) is 2.03. The molecule has 98 valence electrons. The molecule has 1 amide bonds. The number of nitrogens with one attached hydrogen (secondary N) is 1. The SMILES string of the molecule is CC(CNC(=O)c1ccccc1N)N(C)C1CC1. The number of anilines is 1. The summed E-state index contributed by atoms with van der Waals surface area (Å²) in [6.07, 6.45) is 2.56. The predicted octanol–water partition coefficient (Wildman–Crippen LogP) is 1.48. The smallest absolute Gasteiger partial charge is 0.253 e. The Kier molecular flexibility index (Phi) is 3.87. The molecule has 0 saturated heterocycles. The van der Waals surface area contributed by atoms with Crippen molar-refractivity contribution in [3.8, 4) is 0 Å². The standard InChI is InChI=1S/C14H21N3O/c1-10(17(2)11-7-8-11)9-16-14(18)12-5-3-4-6-13(12)15/h3-6,10-11H,7-9,15H2,1-2H3,(H,16,18). The summed E-state index contributed by atoms with van der Waals surface area (Å²) in [7, 11) is 2.12. The molecule has 4 nitrogen and oxygen atoms in total. The van der Waals surface area contributed by atoms with Crippen LogP contribution in [0.1, 0.15) is 30.1 Å². The van der Waals surface area contributed by atoms with Gasteiger partial charge >= 0.3 is 0 Å². The highest BCUT2D eigenvalue weighted by Crippen LogP contribution is 2.26. The van der Waals surface area contributed by atoms with Crippen LogP contribution in [0, 0.1) is 0 Å². The van der Waals surface area contributed by atoms with E-state index in [0.717, 1.165) is 0 Å². The molecule has 0 aromatic heterocycles. The zero-order valence-corrected chi connectivity index (χ0v) is 11.0. The lowest BCUT2D eigenvalue weighted by Crippen LogP contribution is -2.41. The summed E-state index contributed by atoms with van der Waals surface area (Å²) in [5, 5.41) is 2.94. The minimum Gasteiger partial charge on any atom is -0.398 e. The number of amides is 1. The fourth-order valence-corrected chi connectivity index (χ4v) is 2.03. The van der Waals surface area contributed by atoms with Crippen molar-refractivity contribution >= 4 is 11.6 Å². The molecule has 1 saturated carbocycles. The van der Waals surface area contributed by atoms with Gasteiger partial charge in [0.1, 0.15) is 0 Å². The summed E-state index contributed by atoms with van der Waals surface area (Å²) in [4.78, 5) is 14.3. The number of benzene rings is 1. The molecule has 0 bridgehead atoms. The van der Waals surface area contributed by atoms with Crippen LogP contribution in [0.4, 0.5) is 5.69 Å². The Bertz CT molecular complexity index is 429. The minimum absolute atomic E-state index is 0.0934. The third-order valence-corrected chi connectivity index (χ3v) is 3.58. The highest BCUT2D eigenvalue weighted by Gasteiger charge is 2.29. The van der Waals surface area contributed by atoms with Gasteiger partial charge in [-0.05, 0) is 38.9 Å². The lowest BCUT2D eigenvalue weighted by atomic mass is 10.1. The third-order valence-electron chi connectivity index (χ3n) is 3.58. The molecule has 0 heterocycles. The highest BCUT2D eigenvalue weighted by atomic mass is 16.1. The first-order chi connectivity index (χ1) is 8.59. The molecule has 0 spiro atoms. The highest BCUT2D eigenvalue weighted by molar-refractivity contribution is 5.99. The fraction of sp³-hybridized carbons (Fsp3) is 0.500. The van der Waals surface area contributed by atoms with Gasteiger partial charge in [0.25, 0.3) is 5.91 Å². The van der Waals surface area contributed by atoms with E-state index in [2.05, 4.69) is 24.2 Å². The van der Waals surface area contributed by atoms with E-state index >= 15 is 0 Å². The summed E-state index contributed by atoms with van der Waals surface area (Å²) < 4.78 is 0. The maximum atomic E-state index is 12.0. The molecule has 1 aliphatic carbocycles. The van der Waals surface area contributed by atoms with Gasteiger partial charge in [-0.1, -0.05) is 12.1 Å². The topological polar surface area (TPSA) is 58.4 Å². The van der Waals surface area contributed by atoms with Crippen LogP contribution in [0.3, 0.4) is 0 Å². The third kappa shape index (κ3) is 3.01. The van der Waals surface area contributed by atoms with E-state index < -0.39 is 0 Å². The Morgan fingerprint density at radius 1 is 1.50 bits per heavy atom. The lowest BCUT2D eigenvalue weighted by Gasteiger charge is -2.24. The lowest BCUT2D eigenvalue weighted by molar-refractivity contribution is 0.0940. The monoisotopic (exact) mass is 247 g/mol. The first-order valence-corrected chi connectivity index (χ1v) is 6.44. The van der Waals surface area contributed by atoms with Gasteiger partial charge in [-0.2, -0.15) is 0 Å². The van der Waals surface area contributed by atoms with Crippen LogP contribution >= 0.6 is 0 Å². The number of rotatable bonds is 5. The van der Waals surface area contributed by atoms with Crippen LogP contribution in [0.15, 0.2) is 24.3 Å². The van der Waals surface area contributed by atoms with Crippen molar-refractivity contribution in [3.05, 3.63) is 29.8 Å². The molecule has 2 rings (SSSR count). The van der Waals surface area contributed by atoms with E-state index in [1.807, 2.05) is 12.1 Å².